The zero-order valence-corrected chi connectivity index (χ0v) is 6.74. The van der Waals surface area contributed by atoms with Crippen molar-refractivity contribution in [3.05, 3.63) is 0 Å². The molecule has 1 atom stereocenters. The minimum atomic E-state index is -4.73. The summed E-state index contributed by atoms with van der Waals surface area (Å²) in [5.74, 6) is -2.84. The van der Waals surface area contributed by atoms with E-state index in [1.54, 1.807) is 0 Å². The van der Waals surface area contributed by atoms with E-state index < -0.39 is 18.8 Å². The highest BCUT2D eigenvalue weighted by Crippen LogP contribution is 2.34. The van der Waals surface area contributed by atoms with Crippen molar-refractivity contribution in [1.29, 1.82) is 0 Å². The van der Waals surface area contributed by atoms with Crippen LogP contribution in [0.15, 0.2) is 0 Å². The Morgan fingerprint density at radius 2 is 1.67 bits per heavy atom. The minimum absolute atomic E-state index is 0.198. The third-order valence-electron chi connectivity index (χ3n) is 1.26. The van der Waals surface area contributed by atoms with E-state index in [1.807, 2.05) is 0 Å². The molecular weight excluding hydrogens is 180 g/mol. The van der Waals surface area contributed by atoms with Gasteiger partial charge in [-0.3, -0.25) is 0 Å². The molecule has 0 heterocycles. The third-order valence-corrected chi connectivity index (χ3v) is 1.26. The van der Waals surface area contributed by atoms with Crippen LogP contribution in [0.5, 0.6) is 0 Å². The first-order valence-corrected chi connectivity index (χ1v) is 3.28. The minimum Gasteiger partial charge on any atom is -0.343 e. The molecule has 0 aromatic rings. The number of hydrogen-bond donors (Lipinski definition) is 0. The zero-order valence-electron chi connectivity index (χ0n) is 6.74. The summed E-state index contributed by atoms with van der Waals surface area (Å²) >= 11 is 0. The average molecular weight is 190 g/mol. The van der Waals surface area contributed by atoms with E-state index in [4.69, 9.17) is 0 Å². The summed E-state index contributed by atoms with van der Waals surface area (Å²) in [5.41, 5.74) is 0. The molecule has 0 aliphatic rings. The molecule has 0 amide bonds. The Balaban J connectivity index is 4.38. The van der Waals surface area contributed by atoms with Crippen LogP contribution in [0.25, 0.3) is 0 Å². The number of halogens is 4. The normalized spacial score (nSPS) is 17.5. The maximum absolute atomic E-state index is 12.1. The molecule has 0 saturated heterocycles. The Bertz CT molecular complexity index is 128. The Morgan fingerprint density at radius 1 is 1.17 bits per heavy atom. The maximum atomic E-state index is 12.1. The lowest BCUT2D eigenvalue weighted by Gasteiger charge is -2.29. The van der Waals surface area contributed by atoms with Crippen molar-refractivity contribution in [2.24, 2.45) is 0 Å². The van der Waals surface area contributed by atoms with Gasteiger partial charge in [0, 0.05) is 6.61 Å². The molecule has 12 heavy (non-hydrogen) atoms. The van der Waals surface area contributed by atoms with Crippen molar-refractivity contribution in [2.75, 3.05) is 13.5 Å². The van der Waals surface area contributed by atoms with Crippen molar-refractivity contribution >= 4 is 0 Å². The highest BCUT2D eigenvalue weighted by Gasteiger charge is 2.54. The van der Waals surface area contributed by atoms with Gasteiger partial charge in [0.05, 0.1) is 0 Å². The Labute approximate surface area is 67.5 Å². The van der Waals surface area contributed by atoms with Gasteiger partial charge in [0.2, 0.25) is 0 Å². The lowest BCUT2D eigenvalue weighted by atomic mass is 10.3. The fourth-order valence-corrected chi connectivity index (χ4v) is 0.585. The summed E-state index contributed by atoms with van der Waals surface area (Å²) in [4.78, 5) is 0. The van der Waals surface area contributed by atoms with E-state index >= 15 is 0 Å². The molecule has 0 saturated carbocycles. The monoisotopic (exact) mass is 190 g/mol. The van der Waals surface area contributed by atoms with Crippen molar-refractivity contribution in [1.82, 2.24) is 0 Å². The molecule has 0 fully saturated rings. The van der Waals surface area contributed by atoms with Gasteiger partial charge in [0.15, 0.2) is 6.86 Å². The largest absolute Gasteiger partial charge is 0.443 e. The van der Waals surface area contributed by atoms with Gasteiger partial charge in [0.25, 0.3) is 5.79 Å². The fourth-order valence-electron chi connectivity index (χ4n) is 0.585. The highest BCUT2D eigenvalue weighted by atomic mass is 19.4. The molecule has 74 valence electrons. The van der Waals surface area contributed by atoms with Crippen molar-refractivity contribution in [2.45, 2.75) is 25.8 Å². The van der Waals surface area contributed by atoms with Crippen molar-refractivity contribution in [3.63, 3.8) is 0 Å². The molecule has 0 spiro atoms. The smallest absolute Gasteiger partial charge is 0.343 e. The van der Waals surface area contributed by atoms with Crippen LogP contribution < -0.4 is 0 Å². The Kier molecular flexibility index (Phi) is 3.92. The second-order valence-corrected chi connectivity index (χ2v) is 2.13. The molecule has 1 unspecified atom stereocenters. The zero-order chi connectivity index (χ0) is 9.83. The van der Waals surface area contributed by atoms with E-state index in [0.29, 0.717) is 6.92 Å². The molecule has 0 aromatic heterocycles. The Hall–Kier alpha value is -0.360. The summed E-state index contributed by atoms with van der Waals surface area (Å²) in [5, 5.41) is 0. The van der Waals surface area contributed by atoms with Crippen molar-refractivity contribution < 1.29 is 27.0 Å². The molecule has 0 aliphatic heterocycles. The van der Waals surface area contributed by atoms with Gasteiger partial charge in [-0.1, -0.05) is 0 Å². The van der Waals surface area contributed by atoms with E-state index in [-0.39, 0.29) is 6.61 Å². The van der Waals surface area contributed by atoms with Gasteiger partial charge in [0.1, 0.15) is 0 Å². The van der Waals surface area contributed by atoms with E-state index in [0.717, 1.165) is 0 Å². The standard InChI is InChI=1S/C6H10F4O2/c1-3-11-5(2,12-4-7)6(8,9)10/h3-4H2,1-2H3. The molecular formula is C6H10F4O2. The van der Waals surface area contributed by atoms with Gasteiger partial charge in [-0.25, -0.2) is 4.39 Å². The van der Waals surface area contributed by atoms with Gasteiger partial charge in [-0.2, -0.15) is 13.2 Å². The van der Waals surface area contributed by atoms with Crippen LogP contribution in [0.1, 0.15) is 13.8 Å². The SMILES string of the molecule is CCOC(C)(OCF)C(F)(F)F. The van der Waals surface area contributed by atoms with Crippen LogP contribution in [0.2, 0.25) is 0 Å². The maximum Gasteiger partial charge on any atom is 0.443 e. The average Bonchev–Trinajstić information content (AvgIpc) is 1.86. The topological polar surface area (TPSA) is 18.5 Å². The second-order valence-electron chi connectivity index (χ2n) is 2.13. The summed E-state index contributed by atoms with van der Waals surface area (Å²) < 4.78 is 55.8. The van der Waals surface area contributed by atoms with Crippen LogP contribution in [-0.4, -0.2) is 25.4 Å². The van der Waals surface area contributed by atoms with Gasteiger partial charge in [-0.15, -0.1) is 0 Å². The molecule has 0 aliphatic carbocycles. The predicted octanol–water partition coefficient (Wildman–Crippen LogP) is 2.25. The predicted molar refractivity (Wildman–Crippen MR) is 33.1 cm³/mol. The second kappa shape index (κ2) is 4.04. The first-order valence-electron chi connectivity index (χ1n) is 3.28. The number of hydrogen-bond acceptors (Lipinski definition) is 2. The lowest BCUT2D eigenvalue weighted by Crippen LogP contribution is -2.47. The number of alkyl halides is 4. The molecule has 0 aromatic carbocycles. The summed E-state index contributed by atoms with van der Waals surface area (Å²) in [6, 6.07) is 0. The van der Waals surface area contributed by atoms with Crippen LogP contribution >= 0.6 is 0 Å². The van der Waals surface area contributed by atoms with Crippen LogP contribution in [0.4, 0.5) is 17.6 Å². The van der Waals surface area contributed by atoms with E-state index in [9.17, 15) is 17.6 Å². The molecule has 2 nitrogen and oxygen atoms in total. The lowest BCUT2D eigenvalue weighted by molar-refractivity contribution is -0.378. The summed E-state index contributed by atoms with van der Waals surface area (Å²) in [6.45, 7) is 0.272. The molecule has 0 N–H and O–H groups in total. The van der Waals surface area contributed by atoms with Crippen LogP contribution in [-0.2, 0) is 9.47 Å². The third kappa shape index (κ3) is 2.60. The van der Waals surface area contributed by atoms with Gasteiger partial charge < -0.3 is 9.47 Å². The van der Waals surface area contributed by atoms with Crippen LogP contribution in [0, 0.1) is 0 Å². The van der Waals surface area contributed by atoms with Gasteiger partial charge >= 0.3 is 6.18 Å². The van der Waals surface area contributed by atoms with E-state index in [2.05, 4.69) is 9.47 Å². The molecule has 6 heteroatoms. The quantitative estimate of drug-likeness (QED) is 0.500. The summed E-state index contributed by atoms with van der Waals surface area (Å²) in [7, 11) is 0. The van der Waals surface area contributed by atoms with Crippen molar-refractivity contribution in [3.8, 4) is 0 Å². The van der Waals surface area contributed by atoms with Crippen LogP contribution in [0.3, 0.4) is 0 Å². The molecule has 0 rings (SSSR count). The highest BCUT2D eigenvalue weighted by molar-refractivity contribution is 4.72. The Morgan fingerprint density at radius 3 is 1.92 bits per heavy atom. The first-order chi connectivity index (χ1) is 5.37. The fraction of sp³-hybridized carbons (Fsp3) is 1.00. The number of rotatable bonds is 4. The number of ether oxygens (including phenoxy) is 2. The van der Waals surface area contributed by atoms with E-state index in [1.165, 1.54) is 6.92 Å². The summed E-state index contributed by atoms with van der Waals surface area (Å²) in [6.07, 6.45) is -4.73. The molecule has 0 bridgehead atoms. The van der Waals surface area contributed by atoms with Gasteiger partial charge in [-0.05, 0) is 13.8 Å². The first kappa shape index (κ1) is 11.6. The molecule has 0 radical (unpaired) electrons.